The van der Waals surface area contributed by atoms with E-state index in [-0.39, 0.29) is 11.0 Å². The first-order chi connectivity index (χ1) is 18.2. The second kappa shape index (κ2) is 20.7. The van der Waals surface area contributed by atoms with Crippen molar-refractivity contribution in [3.63, 3.8) is 0 Å². The van der Waals surface area contributed by atoms with Gasteiger partial charge in [0.1, 0.15) is 6.61 Å². The molecule has 3 nitrogen and oxygen atoms in total. The van der Waals surface area contributed by atoms with Gasteiger partial charge in [0, 0.05) is 13.0 Å². The quantitative estimate of drug-likeness (QED) is 0.0777. The van der Waals surface area contributed by atoms with Crippen LogP contribution in [0, 0.1) is 5.92 Å². The molecule has 0 amide bonds. The Labute approximate surface area is 238 Å². The Kier molecular flexibility index (Phi) is 19.0. The molecule has 1 aromatic rings. The highest BCUT2D eigenvalue weighted by Gasteiger charge is 2.37. The largest absolute Gasteiger partial charge is 0.461 e. The van der Waals surface area contributed by atoms with Gasteiger partial charge in [0.25, 0.3) is 0 Å². The molecule has 0 heterocycles. The number of benzene rings is 1. The van der Waals surface area contributed by atoms with Crippen LogP contribution in [0.5, 0.6) is 0 Å². The van der Waals surface area contributed by atoms with Gasteiger partial charge >= 0.3 is 5.97 Å². The lowest BCUT2D eigenvalue weighted by molar-refractivity contribution is -0.145. The zero-order valence-electron chi connectivity index (χ0n) is 26.1. The van der Waals surface area contributed by atoms with Crippen molar-refractivity contribution in [3.05, 3.63) is 35.9 Å². The van der Waals surface area contributed by atoms with Crippen molar-refractivity contribution in [2.75, 3.05) is 6.61 Å². The molecule has 38 heavy (non-hydrogen) atoms. The van der Waals surface area contributed by atoms with Gasteiger partial charge in [-0.25, -0.2) is 0 Å². The van der Waals surface area contributed by atoms with Gasteiger partial charge in [0.2, 0.25) is 0 Å². The summed E-state index contributed by atoms with van der Waals surface area (Å²) in [5.74, 6) is 0.642. The molecule has 4 heteroatoms. The zero-order valence-corrected chi connectivity index (χ0v) is 27.1. The fraction of sp³-hybridized carbons (Fsp3) is 0.794. The molecule has 0 saturated heterocycles. The maximum Gasteiger partial charge on any atom is 0.306 e. The normalized spacial score (nSPS) is 13.0. The Balaban J connectivity index is 2.21. The molecule has 0 saturated carbocycles. The van der Waals surface area contributed by atoms with Crippen LogP contribution in [0.25, 0.3) is 0 Å². The fourth-order valence-corrected chi connectivity index (χ4v) is 5.73. The number of ether oxygens (including phenoxy) is 1. The standard InChI is InChI=1S/C34H62O3Si/c1-7-8-9-10-11-12-15-19-26-32(30-37-38(5,6)34(2,3)4)27-20-16-13-14-17-23-28-33(35)36-29-31-24-21-18-22-25-31/h18,21-22,24-25,32H,7-17,19-20,23,26-30H2,1-6H3. The Morgan fingerprint density at radius 3 is 1.79 bits per heavy atom. The van der Waals surface area contributed by atoms with E-state index < -0.39 is 8.32 Å². The highest BCUT2D eigenvalue weighted by atomic mass is 28.4. The van der Waals surface area contributed by atoms with Gasteiger partial charge in [-0.15, -0.1) is 0 Å². The van der Waals surface area contributed by atoms with Gasteiger partial charge in [0.15, 0.2) is 8.32 Å². The molecule has 0 aliphatic heterocycles. The van der Waals surface area contributed by atoms with Gasteiger partial charge in [-0.2, -0.15) is 0 Å². The van der Waals surface area contributed by atoms with E-state index in [4.69, 9.17) is 9.16 Å². The SMILES string of the molecule is CCCCCCCCCCC(CCCCCCCCC(=O)OCc1ccccc1)CO[Si](C)(C)C(C)(C)C. The molecule has 0 aliphatic carbocycles. The van der Waals surface area contributed by atoms with E-state index in [1.54, 1.807) is 0 Å². The first-order valence-electron chi connectivity index (χ1n) is 16.0. The second-order valence-corrected chi connectivity index (χ2v) is 17.8. The molecule has 0 bridgehead atoms. The van der Waals surface area contributed by atoms with E-state index >= 15 is 0 Å². The van der Waals surface area contributed by atoms with Crippen molar-refractivity contribution >= 4 is 14.3 Å². The summed E-state index contributed by atoms with van der Waals surface area (Å²) in [5.41, 5.74) is 1.05. The molecule has 0 N–H and O–H groups in total. The Hall–Kier alpha value is -1.13. The lowest BCUT2D eigenvalue weighted by Gasteiger charge is -2.37. The maximum absolute atomic E-state index is 12.0. The Morgan fingerprint density at radius 1 is 0.763 bits per heavy atom. The summed E-state index contributed by atoms with van der Waals surface area (Å²) in [6.45, 7) is 15.4. The summed E-state index contributed by atoms with van der Waals surface area (Å²) in [5, 5.41) is 0.282. The predicted octanol–water partition coefficient (Wildman–Crippen LogP) is 11.0. The smallest absolute Gasteiger partial charge is 0.306 e. The number of hydrogen-bond donors (Lipinski definition) is 0. The third-order valence-electron chi connectivity index (χ3n) is 8.44. The summed E-state index contributed by atoms with van der Waals surface area (Å²) in [6.07, 6.45) is 21.4. The van der Waals surface area contributed by atoms with Gasteiger partial charge in [-0.05, 0) is 48.9 Å². The number of carbonyl (C=O) groups excluding carboxylic acids is 1. The van der Waals surface area contributed by atoms with Gasteiger partial charge in [-0.1, -0.05) is 141 Å². The first kappa shape index (κ1) is 34.9. The van der Waals surface area contributed by atoms with Gasteiger partial charge < -0.3 is 9.16 Å². The van der Waals surface area contributed by atoms with E-state index in [0.717, 1.165) is 25.0 Å². The molecule has 0 aromatic heterocycles. The Morgan fingerprint density at radius 2 is 1.26 bits per heavy atom. The third-order valence-corrected chi connectivity index (χ3v) is 12.9. The second-order valence-electron chi connectivity index (χ2n) is 13.0. The number of rotatable bonds is 23. The maximum atomic E-state index is 12.0. The van der Waals surface area contributed by atoms with Crippen LogP contribution in [0.15, 0.2) is 30.3 Å². The summed E-state index contributed by atoms with van der Waals surface area (Å²) in [6, 6.07) is 9.92. The molecule has 1 atom stereocenters. The molecular formula is C34H62O3Si. The highest BCUT2D eigenvalue weighted by Crippen LogP contribution is 2.37. The minimum absolute atomic E-state index is 0.0700. The third kappa shape index (κ3) is 17.5. The lowest BCUT2D eigenvalue weighted by atomic mass is 9.95. The van der Waals surface area contributed by atoms with Crippen molar-refractivity contribution in [2.24, 2.45) is 5.92 Å². The monoisotopic (exact) mass is 546 g/mol. The lowest BCUT2D eigenvalue weighted by Crippen LogP contribution is -2.42. The van der Waals surface area contributed by atoms with Crippen molar-refractivity contribution in [3.8, 4) is 0 Å². The molecule has 0 fully saturated rings. The topological polar surface area (TPSA) is 35.5 Å². The average Bonchev–Trinajstić information content (AvgIpc) is 2.88. The highest BCUT2D eigenvalue weighted by molar-refractivity contribution is 6.74. The van der Waals surface area contributed by atoms with Crippen LogP contribution in [-0.2, 0) is 20.6 Å². The van der Waals surface area contributed by atoms with Crippen LogP contribution in [0.2, 0.25) is 18.1 Å². The molecule has 0 aliphatic rings. The number of unbranched alkanes of at least 4 members (excludes halogenated alkanes) is 12. The van der Waals surface area contributed by atoms with Crippen LogP contribution >= 0.6 is 0 Å². The molecule has 220 valence electrons. The molecular weight excluding hydrogens is 484 g/mol. The predicted molar refractivity (Wildman–Crippen MR) is 167 cm³/mol. The molecule has 1 rings (SSSR count). The summed E-state index contributed by atoms with van der Waals surface area (Å²) >= 11 is 0. The molecule has 1 aromatic carbocycles. The van der Waals surface area contributed by atoms with E-state index in [9.17, 15) is 4.79 Å². The zero-order chi connectivity index (χ0) is 28.1. The minimum Gasteiger partial charge on any atom is -0.461 e. The van der Waals surface area contributed by atoms with E-state index in [1.165, 1.54) is 89.9 Å². The van der Waals surface area contributed by atoms with Gasteiger partial charge in [-0.3, -0.25) is 4.79 Å². The van der Waals surface area contributed by atoms with Crippen LogP contribution < -0.4 is 0 Å². The number of hydrogen-bond acceptors (Lipinski definition) is 3. The van der Waals surface area contributed by atoms with Crippen molar-refractivity contribution in [1.82, 2.24) is 0 Å². The number of carbonyl (C=O) groups is 1. The van der Waals surface area contributed by atoms with Crippen LogP contribution in [0.3, 0.4) is 0 Å². The number of esters is 1. The first-order valence-corrected chi connectivity index (χ1v) is 18.9. The van der Waals surface area contributed by atoms with Crippen molar-refractivity contribution in [2.45, 2.75) is 162 Å². The molecule has 0 spiro atoms. The van der Waals surface area contributed by atoms with Crippen LogP contribution in [0.4, 0.5) is 0 Å². The van der Waals surface area contributed by atoms with Gasteiger partial charge in [0.05, 0.1) is 0 Å². The van der Waals surface area contributed by atoms with Crippen molar-refractivity contribution < 1.29 is 14.0 Å². The average molecular weight is 547 g/mol. The Bertz CT molecular complexity index is 695. The molecule has 1 unspecified atom stereocenters. The van der Waals surface area contributed by atoms with E-state index in [0.29, 0.717) is 18.9 Å². The summed E-state index contributed by atoms with van der Waals surface area (Å²) in [4.78, 5) is 12.0. The fourth-order valence-electron chi connectivity index (χ4n) is 4.64. The summed E-state index contributed by atoms with van der Waals surface area (Å²) < 4.78 is 12.0. The van der Waals surface area contributed by atoms with E-state index in [1.807, 2.05) is 30.3 Å². The van der Waals surface area contributed by atoms with Crippen LogP contribution in [-0.4, -0.2) is 20.9 Å². The van der Waals surface area contributed by atoms with E-state index in [2.05, 4.69) is 40.8 Å². The van der Waals surface area contributed by atoms with Crippen molar-refractivity contribution in [1.29, 1.82) is 0 Å². The molecule has 0 radical (unpaired) electrons. The summed E-state index contributed by atoms with van der Waals surface area (Å²) in [7, 11) is -1.68. The van der Waals surface area contributed by atoms with Crippen LogP contribution in [0.1, 0.15) is 142 Å². The minimum atomic E-state index is -1.68.